The van der Waals surface area contributed by atoms with Gasteiger partial charge in [0.2, 0.25) is 0 Å². The van der Waals surface area contributed by atoms with Crippen molar-refractivity contribution in [3.8, 4) is 0 Å². The molecule has 1 aromatic rings. The van der Waals surface area contributed by atoms with E-state index in [0.717, 1.165) is 31.9 Å². The third-order valence-corrected chi connectivity index (χ3v) is 6.59. The molecule has 1 rings (SSSR count). The lowest BCUT2D eigenvalue weighted by Crippen LogP contribution is -2.24. The number of hydrogen-bond donors (Lipinski definition) is 2. The third kappa shape index (κ3) is 6.21. The molecule has 0 aliphatic carbocycles. The van der Waals surface area contributed by atoms with Crippen LogP contribution in [0.25, 0.3) is 0 Å². The lowest BCUT2D eigenvalue weighted by Gasteiger charge is -2.13. The summed E-state index contributed by atoms with van der Waals surface area (Å²) >= 11 is 0. The Morgan fingerprint density at radius 1 is 1.15 bits per heavy atom. The van der Waals surface area contributed by atoms with E-state index < -0.39 is 32.5 Å². The highest BCUT2D eigenvalue weighted by molar-refractivity contribution is 7.92. The smallest absolute Gasteiger partial charge is 0.280 e. The molecule has 1 amide bonds. The Labute approximate surface area is 157 Å². The zero-order valence-corrected chi connectivity index (χ0v) is 17.1. The summed E-state index contributed by atoms with van der Waals surface area (Å²) in [5.41, 5.74) is 11.2. The summed E-state index contributed by atoms with van der Waals surface area (Å²) in [5, 5.41) is 0. The van der Waals surface area contributed by atoms with Gasteiger partial charge >= 0.3 is 0 Å². The van der Waals surface area contributed by atoms with Crippen LogP contribution in [-0.4, -0.2) is 36.5 Å². The molecule has 9 heteroatoms. The maximum Gasteiger partial charge on any atom is 0.280 e. The van der Waals surface area contributed by atoms with E-state index in [1.54, 1.807) is 0 Å². The summed E-state index contributed by atoms with van der Waals surface area (Å²) in [6.45, 7) is 3.90. The number of hydrogen-bond acceptors (Lipinski definition) is 4. The number of benzene rings is 1. The Morgan fingerprint density at radius 2 is 1.81 bits per heavy atom. The van der Waals surface area contributed by atoms with E-state index in [-0.39, 0.29) is 15.4 Å². The molecule has 26 heavy (non-hydrogen) atoms. The molecule has 0 saturated heterocycles. The lowest BCUT2D eigenvalue weighted by atomic mass is 10.0. The zero-order chi connectivity index (χ0) is 19.9. The van der Waals surface area contributed by atoms with Gasteiger partial charge in [-0.05, 0) is 30.5 Å². The Balaban J connectivity index is 3.40. The number of unbranched alkanes of at least 4 members (excludes halogenated alkanes) is 3. The number of carbonyl (C=O) groups is 1. The minimum atomic E-state index is -3.68. The number of aryl methyl sites for hydroxylation is 1. The summed E-state index contributed by atoms with van der Waals surface area (Å²) in [4.78, 5) is 15.8. The van der Waals surface area contributed by atoms with Crippen molar-refractivity contribution in [3.05, 3.63) is 23.3 Å². The molecule has 4 N–H and O–H groups in total. The molecule has 1 unspecified atom stereocenters. The fourth-order valence-corrected chi connectivity index (χ4v) is 5.24. The number of rotatable bonds is 9. The van der Waals surface area contributed by atoms with Gasteiger partial charge in [0.1, 0.15) is 0 Å². The van der Waals surface area contributed by atoms with Gasteiger partial charge in [-0.15, -0.1) is 0 Å². The van der Waals surface area contributed by atoms with Crippen molar-refractivity contribution in [2.75, 3.05) is 12.0 Å². The fourth-order valence-electron chi connectivity index (χ4n) is 2.51. The minimum absolute atomic E-state index is 0.105. The number of guanidine groups is 1. The van der Waals surface area contributed by atoms with Crippen molar-refractivity contribution >= 4 is 32.5 Å². The van der Waals surface area contributed by atoms with Crippen LogP contribution in [0.2, 0.25) is 0 Å². The van der Waals surface area contributed by atoms with Crippen LogP contribution in [0.4, 0.5) is 0 Å². The predicted octanol–water partition coefficient (Wildman–Crippen LogP) is 1.75. The molecule has 0 bridgehead atoms. The first-order valence-corrected chi connectivity index (χ1v) is 11.7. The number of carbonyl (C=O) groups excluding carboxylic acids is 1. The SMILES string of the molecule is CCCCCCS(=O)c1cc(CC)c(C(=O)N=C(N)N)cc1S(C)(=O)=O. The van der Waals surface area contributed by atoms with Gasteiger partial charge in [-0.3, -0.25) is 9.00 Å². The quantitative estimate of drug-likeness (QED) is 0.368. The maximum absolute atomic E-state index is 12.7. The molecule has 1 aromatic carbocycles. The van der Waals surface area contributed by atoms with Gasteiger partial charge in [0.25, 0.3) is 5.91 Å². The van der Waals surface area contributed by atoms with Crippen LogP contribution in [0.5, 0.6) is 0 Å². The second kappa shape index (κ2) is 9.82. The molecular formula is C17H27N3O4S2. The zero-order valence-electron chi connectivity index (χ0n) is 15.4. The highest BCUT2D eigenvalue weighted by Crippen LogP contribution is 2.26. The summed E-state index contributed by atoms with van der Waals surface area (Å²) in [7, 11) is -5.14. The second-order valence-corrected chi connectivity index (χ2v) is 9.56. The molecule has 146 valence electrons. The predicted molar refractivity (Wildman–Crippen MR) is 104 cm³/mol. The first-order chi connectivity index (χ1) is 12.1. The molecule has 0 aliphatic heterocycles. The summed E-state index contributed by atoms with van der Waals surface area (Å²) in [6.07, 6.45) is 5.27. The van der Waals surface area contributed by atoms with E-state index in [4.69, 9.17) is 11.5 Å². The van der Waals surface area contributed by atoms with Crippen molar-refractivity contribution in [1.29, 1.82) is 0 Å². The molecule has 0 radical (unpaired) electrons. The molecular weight excluding hydrogens is 374 g/mol. The normalized spacial score (nSPS) is 12.6. The molecule has 0 fully saturated rings. The van der Waals surface area contributed by atoms with Crippen LogP contribution < -0.4 is 11.5 Å². The van der Waals surface area contributed by atoms with E-state index in [2.05, 4.69) is 11.9 Å². The first-order valence-electron chi connectivity index (χ1n) is 8.51. The van der Waals surface area contributed by atoms with Crippen molar-refractivity contribution in [3.63, 3.8) is 0 Å². The van der Waals surface area contributed by atoms with E-state index >= 15 is 0 Å². The summed E-state index contributed by atoms with van der Waals surface area (Å²) in [5.74, 6) is -0.735. The van der Waals surface area contributed by atoms with E-state index in [1.165, 1.54) is 12.1 Å². The minimum Gasteiger partial charge on any atom is -0.370 e. The second-order valence-electron chi connectivity index (χ2n) is 6.03. The maximum atomic E-state index is 12.7. The Bertz CT molecular complexity index is 814. The number of sulfone groups is 1. The number of nitrogens with zero attached hydrogens (tertiary/aromatic N) is 1. The molecule has 0 aliphatic rings. The summed E-state index contributed by atoms with van der Waals surface area (Å²) in [6, 6.07) is 2.77. The highest BCUT2D eigenvalue weighted by atomic mass is 32.2. The van der Waals surface area contributed by atoms with Crippen LogP contribution >= 0.6 is 0 Å². The lowest BCUT2D eigenvalue weighted by molar-refractivity contribution is 0.100. The Morgan fingerprint density at radius 3 is 2.31 bits per heavy atom. The van der Waals surface area contributed by atoms with Gasteiger partial charge in [0.05, 0.1) is 20.6 Å². The molecule has 7 nitrogen and oxygen atoms in total. The van der Waals surface area contributed by atoms with Crippen LogP contribution in [-0.2, 0) is 27.1 Å². The van der Waals surface area contributed by atoms with Crippen LogP contribution in [0.15, 0.2) is 26.9 Å². The molecule has 1 atom stereocenters. The molecule has 0 heterocycles. The number of nitrogens with two attached hydrogens (primary N) is 2. The van der Waals surface area contributed by atoms with Gasteiger partial charge in [-0.2, -0.15) is 4.99 Å². The molecule has 0 spiro atoms. The standard InChI is InChI=1S/C17H27N3O4S2/c1-4-6-7-8-9-25(22)14-10-12(5-2)13(16(21)20-17(18)19)11-15(14)26(3,23)24/h10-11H,4-9H2,1-3H3,(H4,18,19,20,21). The number of aliphatic imine (C=N–C) groups is 1. The summed E-state index contributed by atoms with van der Waals surface area (Å²) < 4.78 is 37.1. The van der Waals surface area contributed by atoms with Crippen LogP contribution in [0, 0.1) is 0 Å². The Hall–Kier alpha value is -1.74. The van der Waals surface area contributed by atoms with Crippen LogP contribution in [0.3, 0.4) is 0 Å². The van der Waals surface area contributed by atoms with Crippen molar-refractivity contribution in [2.45, 2.75) is 55.7 Å². The van der Waals surface area contributed by atoms with E-state index in [9.17, 15) is 17.4 Å². The van der Waals surface area contributed by atoms with Crippen LogP contribution in [0.1, 0.15) is 55.5 Å². The van der Waals surface area contributed by atoms with Crippen molar-refractivity contribution in [1.82, 2.24) is 0 Å². The van der Waals surface area contributed by atoms with Crippen molar-refractivity contribution < 1.29 is 17.4 Å². The average molecular weight is 402 g/mol. The fraction of sp³-hybridized carbons (Fsp3) is 0.529. The van der Waals surface area contributed by atoms with Gasteiger partial charge < -0.3 is 11.5 Å². The molecule has 0 saturated carbocycles. The third-order valence-electron chi connectivity index (χ3n) is 3.84. The average Bonchev–Trinajstić information content (AvgIpc) is 2.55. The number of amides is 1. The monoisotopic (exact) mass is 401 g/mol. The van der Waals surface area contributed by atoms with Gasteiger partial charge in [-0.25, -0.2) is 8.42 Å². The first kappa shape index (κ1) is 22.3. The molecule has 0 aromatic heterocycles. The van der Waals surface area contributed by atoms with Gasteiger partial charge in [0, 0.05) is 17.6 Å². The largest absolute Gasteiger partial charge is 0.370 e. The Kier molecular flexibility index (Phi) is 8.42. The van der Waals surface area contributed by atoms with E-state index in [0.29, 0.717) is 17.7 Å². The topological polar surface area (TPSA) is 133 Å². The van der Waals surface area contributed by atoms with Gasteiger partial charge in [-0.1, -0.05) is 33.1 Å². The van der Waals surface area contributed by atoms with Gasteiger partial charge in [0.15, 0.2) is 15.8 Å². The van der Waals surface area contributed by atoms with E-state index in [1.807, 2.05) is 6.92 Å². The highest BCUT2D eigenvalue weighted by Gasteiger charge is 2.23. The van der Waals surface area contributed by atoms with Crippen molar-refractivity contribution in [2.24, 2.45) is 16.5 Å².